The van der Waals surface area contributed by atoms with Gasteiger partial charge >= 0.3 is 5.97 Å². The molecule has 180 valence electrons. The van der Waals surface area contributed by atoms with Gasteiger partial charge in [0, 0.05) is 12.2 Å². The molecule has 2 amide bonds. The lowest BCUT2D eigenvalue weighted by Gasteiger charge is -2.39. The van der Waals surface area contributed by atoms with Gasteiger partial charge in [0.2, 0.25) is 5.91 Å². The second-order valence-electron chi connectivity index (χ2n) is 9.90. The molecule has 0 bridgehead atoms. The van der Waals surface area contributed by atoms with Crippen LogP contribution in [0.2, 0.25) is 0 Å². The highest BCUT2D eigenvalue weighted by atomic mass is 16.6. The number of carbonyl (C=O) groups excluding carboxylic acids is 3. The number of para-hydroxylation sites is 1. The molecule has 5 rings (SSSR count). The highest BCUT2D eigenvalue weighted by molar-refractivity contribution is 6.06. The van der Waals surface area contributed by atoms with E-state index < -0.39 is 41.1 Å². The van der Waals surface area contributed by atoms with Crippen molar-refractivity contribution in [2.75, 3.05) is 24.7 Å². The Morgan fingerprint density at radius 2 is 1.79 bits per heavy atom. The number of ether oxygens (including phenoxy) is 2. The third-order valence-corrected chi connectivity index (χ3v) is 7.70. The zero-order valence-corrected chi connectivity index (χ0v) is 19.9. The number of rotatable bonds is 3. The fourth-order valence-corrected chi connectivity index (χ4v) is 6.29. The highest BCUT2D eigenvalue weighted by Gasteiger charge is 2.75. The van der Waals surface area contributed by atoms with Crippen molar-refractivity contribution in [1.29, 1.82) is 0 Å². The Labute approximate surface area is 198 Å². The molecule has 0 radical (unpaired) electrons. The second kappa shape index (κ2) is 7.78. The lowest BCUT2D eigenvalue weighted by molar-refractivity contribution is -0.157. The number of esters is 1. The predicted octanol–water partition coefficient (Wildman–Crippen LogP) is 1.67. The molecule has 8 heteroatoms. The molecule has 6 atom stereocenters. The fraction of sp³-hybridized carbons (Fsp3) is 0.500. The summed E-state index contributed by atoms with van der Waals surface area (Å²) in [5, 5.41) is 9.99. The van der Waals surface area contributed by atoms with E-state index >= 15 is 0 Å². The highest BCUT2D eigenvalue weighted by Crippen LogP contribution is 2.57. The monoisotopic (exact) mass is 466 g/mol. The first kappa shape index (κ1) is 22.8. The maximum Gasteiger partial charge on any atom is 0.313 e. The van der Waals surface area contributed by atoms with Crippen LogP contribution in [-0.2, 0) is 23.9 Å². The quantitative estimate of drug-likeness (QED) is 0.538. The molecule has 1 N–H and O–H groups in total. The van der Waals surface area contributed by atoms with Crippen LogP contribution >= 0.6 is 0 Å². The first-order valence-corrected chi connectivity index (χ1v) is 11.7. The van der Waals surface area contributed by atoms with Crippen molar-refractivity contribution in [3.63, 3.8) is 0 Å². The third-order valence-electron chi connectivity index (χ3n) is 7.70. The van der Waals surface area contributed by atoms with Crippen molar-refractivity contribution in [3.05, 3.63) is 53.6 Å². The SMILES string of the molecule is Cc1cccc(C)c1N1CC=C[C@]23O[C@]4(C)C=CCOC(=O)[C@@H]4[C@H]2C(=O)N([C@H](C)CO)C3C1=O. The van der Waals surface area contributed by atoms with Crippen molar-refractivity contribution in [2.24, 2.45) is 11.8 Å². The van der Waals surface area contributed by atoms with E-state index in [-0.39, 0.29) is 25.0 Å². The number of carbonyl (C=O) groups is 3. The average Bonchev–Trinajstić information content (AvgIpc) is 3.06. The lowest BCUT2D eigenvalue weighted by Crippen LogP contribution is -2.58. The zero-order valence-electron chi connectivity index (χ0n) is 19.9. The van der Waals surface area contributed by atoms with Gasteiger partial charge in [-0.2, -0.15) is 0 Å². The lowest BCUT2D eigenvalue weighted by atomic mass is 9.75. The maximum absolute atomic E-state index is 14.3. The predicted molar refractivity (Wildman–Crippen MR) is 124 cm³/mol. The molecule has 1 aromatic rings. The number of hydrogen-bond donors (Lipinski definition) is 1. The van der Waals surface area contributed by atoms with Gasteiger partial charge in [-0.25, -0.2) is 0 Å². The molecule has 0 aromatic heterocycles. The Morgan fingerprint density at radius 3 is 2.47 bits per heavy atom. The van der Waals surface area contributed by atoms with E-state index in [0.29, 0.717) is 6.54 Å². The van der Waals surface area contributed by atoms with Gasteiger partial charge in [0.1, 0.15) is 24.2 Å². The number of cyclic esters (lactones) is 1. The van der Waals surface area contributed by atoms with E-state index in [1.54, 1.807) is 37.0 Å². The van der Waals surface area contributed by atoms with Gasteiger partial charge in [-0.3, -0.25) is 14.4 Å². The summed E-state index contributed by atoms with van der Waals surface area (Å²) in [5.41, 5.74) is 0.217. The fourth-order valence-electron chi connectivity index (χ4n) is 6.29. The van der Waals surface area contributed by atoms with Gasteiger partial charge in [0.25, 0.3) is 5.91 Å². The number of aryl methyl sites for hydroxylation is 2. The minimum atomic E-state index is -1.36. The van der Waals surface area contributed by atoms with Gasteiger partial charge in [-0.1, -0.05) is 36.4 Å². The Balaban J connectivity index is 1.70. The third kappa shape index (κ3) is 2.94. The van der Waals surface area contributed by atoms with Crippen LogP contribution in [0.1, 0.15) is 25.0 Å². The second-order valence-corrected chi connectivity index (χ2v) is 9.90. The molecular formula is C26H30N2O6. The van der Waals surface area contributed by atoms with Gasteiger partial charge in [-0.15, -0.1) is 0 Å². The maximum atomic E-state index is 14.3. The van der Waals surface area contributed by atoms with Crippen molar-refractivity contribution >= 4 is 23.5 Å². The first-order chi connectivity index (χ1) is 16.2. The van der Waals surface area contributed by atoms with Crippen LogP contribution in [-0.4, -0.2) is 70.8 Å². The number of aliphatic hydroxyl groups excluding tert-OH is 1. The largest absolute Gasteiger partial charge is 0.461 e. The van der Waals surface area contributed by atoms with Gasteiger partial charge in [0.15, 0.2) is 0 Å². The molecule has 4 heterocycles. The molecule has 2 fully saturated rings. The van der Waals surface area contributed by atoms with Crippen molar-refractivity contribution < 1.29 is 29.0 Å². The van der Waals surface area contributed by atoms with Crippen LogP contribution in [0, 0.1) is 25.7 Å². The van der Waals surface area contributed by atoms with E-state index in [0.717, 1.165) is 16.8 Å². The summed E-state index contributed by atoms with van der Waals surface area (Å²) in [6.45, 7) is 7.45. The molecule has 4 aliphatic heterocycles. The molecule has 0 saturated carbocycles. The summed E-state index contributed by atoms with van der Waals surface area (Å²) in [4.78, 5) is 44.4. The van der Waals surface area contributed by atoms with E-state index in [2.05, 4.69) is 0 Å². The summed E-state index contributed by atoms with van der Waals surface area (Å²) < 4.78 is 12.0. The molecule has 4 aliphatic rings. The Bertz CT molecular complexity index is 1110. The van der Waals surface area contributed by atoms with Crippen molar-refractivity contribution in [1.82, 2.24) is 4.90 Å². The van der Waals surface area contributed by atoms with Crippen molar-refractivity contribution in [2.45, 2.75) is 51.0 Å². The molecular weight excluding hydrogens is 436 g/mol. The standard InChI is InChI=1S/C26H30N2O6/c1-15-8-5-9-16(2)20(15)27-12-6-11-26-18(19-24(32)33-13-7-10-25(19,4)34-26)22(30)28(17(3)14-29)21(26)23(27)31/h5-11,17-19,21,29H,12-14H2,1-4H3/t17-,18+,19+,21?,25-,26+/m1/s1. The molecule has 1 spiro atoms. The van der Waals surface area contributed by atoms with Crippen LogP contribution in [0.25, 0.3) is 0 Å². The zero-order chi connectivity index (χ0) is 24.4. The van der Waals surface area contributed by atoms with Crippen LogP contribution in [0.4, 0.5) is 5.69 Å². The minimum absolute atomic E-state index is 0.109. The summed E-state index contributed by atoms with van der Waals surface area (Å²) in [7, 11) is 0. The average molecular weight is 467 g/mol. The van der Waals surface area contributed by atoms with Crippen LogP contribution in [0.15, 0.2) is 42.5 Å². The Morgan fingerprint density at radius 1 is 1.09 bits per heavy atom. The summed E-state index contributed by atoms with van der Waals surface area (Å²) in [6, 6.07) is 4.17. The van der Waals surface area contributed by atoms with E-state index in [9.17, 15) is 19.5 Å². The Hall–Kier alpha value is -2.97. The van der Waals surface area contributed by atoms with Crippen LogP contribution in [0.5, 0.6) is 0 Å². The molecule has 0 aliphatic carbocycles. The molecule has 1 unspecified atom stereocenters. The van der Waals surface area contributed by atoms with E-state index in [4.69, 9.17) is 9.47 Å². The van der Waals surface area contributed by atoms with Crippen molar-refractivity contribution in [3.8, 4) is 0 Å². The topological polar surface area (TPSA) is 96.4 Å². The van der Waals surface area contributed by atoms with Crippen LogP contribution in [0.3, 0.4) is 0 Å². The number of hydrogen-bond acceptors (Lipinski definition) is 6. The molecule has 34 heavy (non-hydrogen) atoms. The Kier molecular flexibility index (Phi) is 5.22. The number of nitrogens with zero attached hydrogens (tertiary/aromatic N) is 2. The normalized spacial score (nSPS) is 35.4. The summed E-state index contributed by atoms with van der Waals surface area (Å²) in [5.74, 6) is -3.03. The first-order valence-electron chi connectivity index (χ1n) is 11.7. The van der Waals surface area contributed by atoms with Gasteiger partial charge in [0.05, 0.1) is 24.2 Å². The number of likely N-dealkylation sites (tertiary alicyclic amines) is 1. The molecule has 1 aromatic carbocycles. The molecule has 2 saturated heterocycles. The van der Waals surface area contributed by atoms with E-state index in [1.165, 1.54) is 4.90 Å². The number of anilines is 1. The van der Waals surface area contributed by atoms with E-state index in [1.807, 2.05) is 38.1 Å². The summed E-state index contributed by atoms with van der Waals surface area (Å²) >= 11 is 0. The number of fused-ring (bicyclic) bond motifs is 2. The van der Waals surface area contributed by atoms with Gasteiger partial charge < -0.3 is 24.4 Å². The minimum Gasteiger partial charge on any atom is -0.461 e. The van der Waals surface area contributed by atoms with Gasteiger partial charge in [-0.05, 0) is 44.9 Å². The number of amides is 2. The smallest absolute Gasteiger partial charge is 0.313 e. The number of benzene rings is 1. The van der Waals surface area contributed by atoms with Crippen LogP contribution < -0.4 is 4.90 Å². The molecule has 8 nitrogen and oxygen atoms in total. The summed E-state index contributed by atoms with van der Waals surface area (Å²) in [6.07, 6.45) is 7.12. The number of aliphatic hydroxyl groups is 1.